The van der Waals surface area contributed by atoms with Gasteiger partial charge in [0.05, 0.1) is 22.2 Å². The molecule has 12 aromatic rings. The predicted octanol–water partition coefficient (Wildman–Crippen LogP) is 16.6. The molecule has 2 heterocycles. The highest BCUT2D eigenvalue weighted by atomic mass is 32.1. The van der Waals surface area contributed by atoms with Crippen LogP contribution < -0.4 is 0 Å². The Hall–Kier alpha value is -8.50. The van der Waals surface area contributed by atoms with Crippen molar-refractivity contribution in [1.82, 2.24) is 9.97 Å². The van der Waals surface area contributed by atoms with E-state index in [1.165, 1.54) is 98.1 Å². The van der Waals surface area contributed by atoms with Crippen molar-refractivity contribution in [2.24, 2.45) is 0 Å². The van der Waals surface area contributed by atoms with Gasteiger partial charge in [-0.25, -0.2) is 9.97 Å². The molecule has 3 heteroatoms. The summed E-state index contributed by atoms with van der Waals surface area (Å²) in [5, 5.41) is 2.59. The predicted molar refractivity (Wildman–Crippen MR) is 285 cm³/mol. The zero-order valence-electron chi connectivity index (χ0n) is 37.4. The zero-order chi connectivity index (χ0) is 45.3. The largest absolute Gasteiger partial charge is 0.228 e. The summed E-state index contributed by atoms with van der Waals surface area (Å²) in [5.41, 5.74) is 21.8. The fourth-order valence-electron chi connectivity index (χ4n) is 12.7. The smallest absolute Gasteiger partial charge is 0.160 e. The first-order chi connectivity index (χ1) is 34.2. The van der Waals surface area contributed by atoms with Gasteiger partial charge < -0.3 is 0 Å². The van der Waals surface area contributed by atoms with E-state index >= 15 is 0 Å². The number of rotatable bonds is 4. The lowest BCUT2D eigenvalue weighted by Crippen LogP contribution is -2.43. The number of thiophene rings is 1. The van der Waals surface area contributed by atoms with E-state index in [1.807, 2.05) is 11.3 Å². The number of hydrogen-bond acceptors (Lipinski definition) is 3. The van der Waals surface area contributed by atoms with E-state index in [-0.39, 0.29) is 0 Å². The molecule has 0 aliphatic heterocycles. The molecule has 0 unspecified atom stereocenters. The lowest BCUT2D eigenvalue weighted by Gasteiger charge is -2.49. The Labute approximate surface area is 404 Å². The van der Waals surface area contributed by atoms with Crippen LogP contribution in [0, 0.1) is 0 Å². The summed E-state index contributed by atoms with van der Waals surface area (Å²) in [6.07, 6.45) is 0. The van der Waals surface area contributed by atoms with Crippen molar-refractivity contribution in [2.45, 2.75) is 10.8 Å². The van der Waals surface area contributed by atoms with Crippen LogP contribution in [0.2, 0.25) is 0 Å². The second-order valence-electron chi connectivity index (χ2n) is 18.6. The zero-order valence-corrected chi connectivity index (χ0v) is 38.2. The second-order valence-corrected chi connectivity index (χ2v) is 19.7. The van der Waals surface area contributed by atoms with E-state index < -0.39 is 10.8 Å². The molecule has 0 N–H and O–H groups in total. The molecule has 10 aromatic carbocycles. The topological polar surface area (TPSA) is 25.8 Å². The van der Waals surface area contributed by atoms with Gasteiger partial charge in [0.1, 0.15) is 0 Å². The number of nitrogens with zero attached hydrogens (tertiary/aromatic N) is 2. The van der Waals surface area contributed by atoms with E-state index in [4.69, 9.17) is 9.97 Å². The molecule has 0 saturated heterocycles. The first-order valence-electron chi connectivity index (χ1n) is 23.8. The lowest BCUT2D eigenvalue weighted by molar-refractivity contribution is 0.636. The van der Waals surface area contributed by atoms with E-state index in [0.29, 0.717) is 5.82 Å². The Morgan fingerprint density at radius 1 is 0.304 bits per heavy atom. The molecule has 15 rings (SSSR count). The highest BCUT2D eigenvalue weighted by Gasteiger charge is 2.59. The molecule has 0 saturated carbocycles. The summed E-state index contributed by atoms with van der Waals surface area (Å²) >= 11 is 1.93. The van der Waals surface area contributed by atoms with Crippen LogP contribution in [0.25, 0.3) is 87.5 Å². The summed E-state index contributed by atoms with van der Waals surface area (Å²) in [4.78, 5) is 10.8. The minimum absolute atomic E-state index is 0.525. The molecule has 320 valence electrons. The summed E-state index contributed by atoms with van der Waals surface area (Å²) in [7, 11) is 0. The fraction of sp³-hybridized carbons (Fsp3) is 0.0303. The Kier molecular flexibility index (Phi) is 8.11. The first kappa shape index (κ1) is 38.6. The van der Waals surface area contributed by atoms with Gasteiger partial charge in [0, 0.05) is 36.9 Å². The highest BCUT2D eigenvalue weighted by Crippen LogP contribution is 2.69. The van der Waals surface area contributed by atoms with Crippen molar-refractivity contribution < 1.29 is 0 Å². The third-order valence-corrected chi connectivity index (χ3v) is 16.6. The molecule has 3 aliphatic carbocycles. The van der Waals surface area contributed by atoms with Gasteiger partial charge in [-0.05, 0) is 90.0 Å². The van der Waals surface area contributed by atoms with Gasteiger partial charge in [-0.3, -0.25) is 0 Å². The van der Waals surface area contributed by atoms with Crippen molar-refractivity contribution in [1.29, 1.82) is 0 Å². The van der Waals surface area contributed by atoms with Crippen LogP contribution in [0.4, 0.5) is 0 Å². The van der Waals surface area contributed by atoms with Gasteiger partial charge in [-0.1, -0.05) is 231 Å². The maximum atomic E-state index is 5.53. The molecule has 2 aromatic heterocycles. The lowest BCUT2D eigenvalue weighted by atomic mass is 9.52. The SMILES string of the molecule is c1ccc(-c2ccc(-c3cc(-c4cccc5c4-c4ccc6c(sc7ccccc76)c4C54c5ccccc5C5(c6ccccc6-c6ccccc65)c5ccccc54)nc(-c4ccccc4)n3)cc2)cc1. The van der Waals surface area contributed by atoms with Crippen LogP contribution >= 0.6 is 11.3 Å². The van der Waals surface area contributed by atoms with Crippen LogP contribution in [0.5, 0.6) is 0 Å². The van der Waals surface area contributed by atoms with Crippen LogP contribution in [0.15, 0.2) is 243 Å². The normalized spacial score (nSPS) is 14.0. The van der Waals surface area contributed by atoms with Crippen LogP contribution in [0.3, 0.4) is 0 Å². The molecule has 69 heavy (non-hydrogen) atoms. The van der Waals surface area contributed by atoms with Crippen molar-refractivity contribution in [2.75, 3.05) is 0 Å². The molecule has 0 atom stereocenters. The maximum absolute atomic E-state index is 5.53. The molecular weight excluding hydrogens is 853 g/mol. The molecule has 0 radical (unpaired) electrons. The van der Waals surface area contributed by atoms with Crippen LogP contribution in [-0.4, -0.2) is 9.97 Å². The van der Waals surface area contributed by atoms with Gasteiger partial charge in [0.2, 0.25) is 0 Å². The Bertz CT molecular complexity index is 3980. The first-order valence-corrected chi connectivity index (χ1v) is 24.6. The van der Waals surface area contributed by atoms with Crippen LogP contribution in [-0.2, 0) is 10.8 Å². The summed E-state index contributed by atoms with van der Waals surface area (Å²) in [5.74, 6) is 0.703. The third kappa shape index (κ3) is 5.15. The van der Waals surface area contributed by atoms with E-state index in [9.17, 15) is 0 Å². The minimum Gasteiger partial charge on any atom is -0.228 e. The Morgan fingerprint density at radius 3 is 1.46 bits per heavy atom. The van der Waals surface area contributed by atoms with Crippen molar-refractivity contribution in [3.63, 3.8) is 0 Å². The van der Waals surface area contributed by atoms with Crippen molar-refractivity contribution in [3.05, 3.63) is 287 Å². The van der Waals surface area contributed by atoms with E-state index in [2.05, 4.69) is 243 Å². The van der Waals surface area contributed by atoms with Crippen molar-refractivity contribution in [3.8, 4) is 67.3 Å². The standard InChI is InChI=1S/C66H40N2S/c1-3-18-41(19-4-1)42-34-36-43(37-35-42)58-40-59(68-64(67-58)44-20-5-2-6-21-44)49-25-17-32-57-61(49)50-39-38-48-47-24-9-16-33-60(47)69-63(48)62(50)66(57)55-30-14-12-28-53(55)65(54-29-13-15-31-56(54)66)51-26-10-7-22-45(51)46-23-8-11-27-52(46)65/h1-40H. The summed E-state index contributed by atoms with van der Waals surface area (Å²) in [6.45, 7) is 0. The monoisotopic (exact) mass is 892 g/mol. The van der Waals surface area contributed by atoms with Gasteiger partial charge in [0.15, 0.2) is 5.82 Å². The minimum atomic E-state index is -0.669. The van der Waals surface area contributed by atoms with Crippen LogP contribution in [0.1, 0.15) is 44.5 Å². The number of benzene rings is 10. The molecule has 2 spiro atoms. The molecule has 2 nitrogen and oxygen atoms in total. The maximum Gasteiger partial charge on any atom is 0.160 e. The van der Waals surface area contributed by atoms with Gasteiger partial charge in [-0.2, -0.15) is 0 Å². The number of hydrogen-bond donors (Lipinski definition) is 0. The fourth-order valence-corrected chi connectivity index (χ4v) is 14.0. The molecule has 3 aliphatic rings. The second kappa shape index (κ2) is 14.5. The molecule has 0 amide bonds. The third-order valence-electron chi connectivity index (χ3n) is 15.4. The molecular formula is C66H40N2S. The molecule has 0 fully saturated rings. The van der Waals surface area contributed by atoms with Gasteiger partial charge in [0.25, 0.3) is 0 Å². The van der Waals surface area contributed by atoms with Crippen molar-refractivity contribution >= 4 is 31.5 Å². The number of fused-ring (bicyclic) bond motifs is 20. The van der Waals surface area contributed by atoms with E-state index in [0.717, 1.165) is 28.1 Å². The Morgan fingerprint density at radius 2 is 0.797 bits per heavy atom. The highest BCUT2D eigenvalue weighted by molar-refractivity contribution is 7.26. The van der Waals surface area contributed by atoms with E-state index in [1.54, 1.807) is 0 Å². The summed E-state index contributed by atoms with van der Waals surface area (Å²) in [6, 6.07) is 89.8. The molecule has 0 bridgehead atoms. The number of aromatic nitrogens is 2. The Balaban J connectivity index is 1.05. The van der Waals surface area contributed by atoms with Gasteiger partial charge in [-0.15, -0.1) is 11.3 Å². The quantitative estimate of drug-likeness (QED) is 0.176. The van der Waals surface area contributed by atoms with Gasteiger partial charge >= 0.3 is 0 Å². The average molecular weight is 893 g/mol. The summed E-state index contributed by atoms with van der Waals surface area (Å²) < 4.78 is 2.63. The average Bonchev–Trinajstić information content (AvgIpc) is 4.06.